The van der Waals surface area contributed by atoms with E-state index in [0.29, 0.717) is 10.8 Å². The van der Waals surface area contributed by atoms with Gasteiger partial charge in [-0.25, -0.2) is 4.98 Å². The first-order valence-electron chi connectivity index (χ1n) is 7.77. The lowest BCUT2D eigenvalue weighted by Gasteiger charge is -2.32. The van der Waals surface area contributed by atoms with Crippen LogP contribution >= 0.6 is 11.5 Å². The molecule has 1 aliphatic rings. The Hall–Kier alpha value is -1.76. The zero-order valence-corrected chi connectivity index (χ0v) is 13.8. The van der Waals surface area contributed by atoms with Gasteiger partial charge in [0.2, 0.25) is 0 Å². The molecule has 0 saturated carbocycles. The van der Waals surface area contributed by atoms with E-state index in [4.69, 9.17) is 0 Å². The highest BCUT2D eigenvalue weighted by molar-refractivity contribution is 7.07. The smallest absolute Gasteiger partial charge is 0.267 e. The fourth-order valence-corrected chi connectivity index (χ4v) is 3.61. The number of carbonyl (C=O) groups is 1. The molecule has 1 aliphatic heterocycles. The van der Waals surface area contributed by atoms with Crippen molar-refractivity contribution in [1.29, 1.82) is 0 Å². The summed E-state index contributed by atoms with van der Waals surface area (Å²) in [5, 5.41) is 3.93. The lowest BCUT2D eigenvalue weighted by atomic mass is 9.96. The van der Waals surface area contributed by atoms with E-state index < -0.39 is 0 Å². The number of rotatable bonds is 4. The van der Waals surface area contributed by atoms with Crippen molar-refractivity contribution in [3.05, 3.63) is 28.8 Å². The molecular weight excluding hydrogens is 298 g/mol. The first kappa shape index (κ1) is 15.1. The van der Waals surface area contributed by atoms with Crippen LogP contribution in [-0.2, 0) is 13.0 Å². The van der Waals surface area contributed by atoms with E-state index in [1.54, 1.807) is 0 Å². The van der Waals surface area contributed by atoms with Gasteiger partial charge in [0, 0.05) is 38.4 Å². The van der Waals surface area contributed by atoms with Crippen LogP contribution in [-0.4, -0.2) is 43.0 Å². The minimum atomic E-state index is 0.0860. The highest BCUT2D eigenvalue weighted by Gasteiger charge is 2.26. The summed E-state index contributed by atoms with van der Waals surface area (Å²) < 4.78 is 6.10. The monoisotopic (exact) mass is 319 g/mol. The second kappa shape index (κ2) is 6.56. The highest BCUT2D eigenvalue weighted by atomic mass is 32.1. The van der Waals surface area contributed by atoms with Gasteiger partial charge in [0.15, 0.2) is 0 Å². The Morgan fingerprint density at radius 3 is 2.82 bits per heavy atom. The number of carbonyl (C=O) groups excluding carboxylic acids is 1. The number of hydrogen-bond donors (Lipinski definition) is 0. The Morgan fingerprint density at radius 1 is 1.41 bits per heavy atom. The molecule has 2 aromatic heterocycles. The van der Waals surface area contributed by atoms with Crippen LogP contribution in [0.25, 0.3) is 0 Å². The molecule has 0 spiro atoms. The Labute approximate surface area is 134 Å². The van der Waals surface area contributed by atoms with Crippen molar-refractivity contribution in [2.24, 2.45) is 5.92 Å². The number of likely N-dealkylation sites (tertiary alicyclic amines) is 1. The summed E-state index contributed by atoms with van der Waals surface area (Å²) in [6.07, 6.45) is 6.97. The standard InChI is InChI=1S/C15H21N5OS/c1-3-13-16-6-9-20(13)10-12-4-7-19(8-5-12)15(21)14-11(2)17-18-22-14/h6,9,12H,3-5,7-8,10H2,1-2H3. The van der Waals surface area contributed by atoms with Crippen LogP contribution in [0.5, 0.6) is 0 Å². The first-order chi connectivity index (χ1) is 10.7. The Morgan fingerprint density at radius 2 is 2.18 bits per heavy atom. The molecule has 0 radical (unpaired) electrons. The van der Waals surface area contributed by atoms with Crippen molar-refractivity contribution in [2.45, 2.75) is 39.7 Å². The molecule has 1 saturated heterocycles. The van der Waals surface area contributed by atoms with Gasteiger partial charge in [0.05, 0.1) is 5.69 Å². The molecule has 22 heavy (non-hydrogen) atoms. The normalized spacial score (nSPS) is 16.2. The summed E-state index contributed by atoms with van der Waals surface area (Å²) in [6, 6.07) is 0. The van der Waals surface area contributed by atoms with Crippen LogP contribution in [0, 0.1) is 12.8 Å². The predicted octanol–water partition coefficient (Wildman–Crippen LogP) is 2.16. The Bertz CT molecular complexity index is 642. The van der Waals surface area contributed by atoms with Gasteiger partial charge in [0.25, 0.3) is 5.91 Å². The number of hydrogen-bond acceptors (Lipinski definition) is 5. The molecule has 6 nitrogen and oxygen atoms in total. The SMILES string of the molecule is CCc1nccn1CC1CCN(C(=O)c2snnc2C)CC1. The summed E-state index contributed by atoms with van der Waals surface area (Å²) >= 11 is 1.20. The van der Waals surface area contributed by atoms with Crippen molar-refractivity contribution in [2.75, 3.05) is 13.1 Å². The number of imidazole rings is 1. The molecule has 0 aromatic carbocycles. The molecule has 7 heteroatoms. The van der Waals surface area contributed by atoms with Crippen LogP contribution in [0.15, 0.2) is 12.4 Å². The van der Waals surface area contributed by atoms with E-state index in [2.05, 4.69) is 32.3 Å². The fourth-order valence-electron chi connectivity index (χ4n) is 2.99. The summed E-state index contributed by atoms with van der Waals surface area (Å²) in [5.74, 6) is 1.84. The third-order valence-electron chi connectivity index (χ3n) is 4.32. The quantitative estimate of drug-likeness (QED) is 0.866. The van der Waals surface area contributed by atoms with Crippen LogP contribution in [0.4, 0.5) is 0 Å². The number of amides is 1. The summed E-state index contributed by atoms with van der Waals surface area (Å²) in [6.45, 7) is 6.61. The van der Waals surface area contributed by atoms with Gasteiger partial charge in [-0.1, -0.05) is 11.4 Å². The summed E-state index contributed by atoms with van der Waals surface area (Å²) in [4.78, 5) is 19.4. The third kappa shape index (κ3) is 3.04. The lowest BCUT2D eigenvalue weighted by Crippen LogP contribution is -2.39. The van der Waals surface area contributed by atoms with E-state index in [-0.39, 0.29) is 5.91 Å². The van der Waals surface area contributed by atoms with Crippen LogP contribution in [0.1, 0.15) is 41.0 Å². The zero-order chi connectivity index (χ0) is 15.5. The summed E-state index contributed by atoms with van der Waals surface area (Å²) in [5.41, 5.74) is 0.739. The average Bonchev–Trinajstić information content (AvgIpc) is 3.16. The largest absolute Gasteiger partial charge is 0.338 e. The maximum Gasteiger partial charge on any atom is 0.267 e. The number of aryl methyl sites for hydroxylation is 2. The molecule has 3 rings (SSSR count). The Balaban J connectivity index is 1.56. The number of nitrogens with zero attached hydrogens (tertiary/aromatic N) is 5. The molecule has 2 aromatic rings. The molecule has 0 atom stereocenters. The number of aromatic nitrogens is 4. The van der Waals surface area contributed by atoms with Crippen molar-refractivity contribution >= 4 is 17.4 Å². The van der Waals surface area contributed by atoms with Gasteiger partial charge < -0.3 is 9.47 Å². The molecule has 3 heterocycles. The molecule has 1 fully saturated rings. The van der Waals surface area contributed by atoms with E-state index in [9.17, 15) is 4.79 Å². The van der Waals surface area contributed by atoms with Crippen LogP contribution in [0.3, 0.4) is 0 Å². The van der Waals surface area contributed by atoms with E-state index >= 15 is 0 Å². The second-order valence-corrected chi connectivity index (χ2v) is 6.53. The molecule has 118 valence electrons. The molecule has 0 unspecified atom stereocenters. The van der Waals surface area contributed by atoms with Crippen LogP contribution in [0.2, 0.25) is 0 Å². The maximum absolute atomic E-state index is 12.4. The van der Waals surface area contributed by atoms with Crippen LogP contribution < -0.4 is 0 Å². The van der Waals surface area contributed by atoms with Crippen molar-refractivity contribution in [1.82, 2.24) is 24.0 Å². The summed E-state index contributed by atoms with van der Waals surface area (Å²) in [7, 11) is 0. The van der Waals surface area contributed by atoms with Gasteiger partial charge in [-0.2, -0.15) is 0 Å². The Kier molecular flexibility index (Phi) is 4.52. The van der Waals surface area contributed by atoms with Gasteiger partial charge >= 0.3 is 0 Å². The average molecular weight is 319 g/mol. The molecule has 0 N–H and O–H groups in total. The predicted molar refractivity (Wildman–Crippen MR) is 84.9 cm³/mol. The third-order valence-corrected chi connectivity index (χ3v) is 5.14. The minimum absolute atomic E-state index is 0.0860. The molecule has 0 aliphatic carbocycles. The maximum atomic E-state index is 12.4. The first-order valence-corrected chi connectivity index (χ1v) is 8.54. The molecular formula is C15H21N5OS. The van der Waals surface area contributed by atoms with Gasteiger partial charge in [0.1, 0.15) is 10.7 Å². The van der Waals surface area contributed by atoms with Crippen molar-refractivity contribution in [3.63, 3.8) is 0 Å². The van der Waals surface area contributed by atoms with Gasteiger partial charge in [-0.05, 0) is 37.2 Å². The van der Waals surface area contributed by atoms with E-state index in [1.807, 2.05) is 18.0 Å². The topological polar surface area (TPSA) is 63.9 Å². The zero-order valence-electron chi connectivity index (χ0n) is 13.0. The van der Waals surface area contributed by atoms with Crippen molar-refractivity contribution in [3.8, 4) is 0 Å². The molecule has 1 amide bonds. The van der Waals surface area contributed by atoms with Gasteiger partial charge in [-0.3, -0.25) is 4.79 Å². The van der Waals surface area contributed by atoms with Crippen molar-refractivity contribution < 1.29 is 4.79 Å². The number of piperidine rings is 1. The minimum Gasteiger partial charge on any atom is -0.338 e. The highest BCUT2D eigenvalue weighted by Crippen LogP contribution is 2.22. The van der Waals surface area contributed by atoms with E-state index in [0.717, 1.165) is 50.4 Å². The lowest BCUT2D eigenvalue weighted by molar-refractivity contribution is 0.0686. The van der Waals surface area contributed by atoms with E-state index in [1.165, 1.54) is 11.5 Å². The van der Waals surface area contributed by atoms with Gasteiger partial charge in [-0.15, -0.1) is 5.10 Å². The second-order valence-electron chi connectivity index (χ2n) is 5.77. The fraction of sp³-hybridized carbons (Fsp3) is 0.600. The molecule has 0 bridgehead atoms.